The Balaban J connectivity index is 1.93. The number of hydrogen-bond acceptors (Lipinski definition) is 5. The lowest BCUT2D eigenvalue weighted by atomic mass is 10.1. The Kier molecular flexibility index (Phi) is 4.48. The maximum Gasteiger partial charge on any atom is 0.160 e. The summed E-state index contributed by atoms with van der Waals surface area (Å²) >= 11 is 1.51. The van der Waals surface area contributed by atoms with E-state index in [1.807, 2.05) is 18.5 Å². The first kappa shape index (κ1) is 15.7. The molecule has 2 heterocycles. The molecule has 1 aliphatic heterocycles. The van der Waals surface area contributed by atoms with Crippen molar-refractivity contribution < 1.29 is 0 Å². The quantitative estimate of drug-likeness (QED) is 0.925. The minimum atomic E-state index is 0.0386. The van der Waals surface area contributed by atoms with Crippen molar-refractivity contribution in [2.75, 3.05) is 0 Å². The van der Waals surface area contributed by atoms with Crippen LogP contribution in [0.15, 0.2) is 47.7 Å². The molecule has 118 valence electrons. The summed E-state index contributed by atoms with van der Waals surface area (Å²) in [6.45, 7) is 6.29. The molecule has 23 heavy (non-hydrogen) atoms. The van der Waals surface area contributed by atoms with Crippen LogP contribution in [0, 0.1) is 6.92 Å². The highest BCUT2D eigenvalue weighted by Gasteiger charge is 2.20. The van der Waals surface area contributed by atoms with Gasteiger partial charge in [-0.1, -0.05) is 49.4 Å². The number of thioether (sulfide) groups is 1. The normalized spacial score (nSPS) is 17.8. The first-order chi connectivity index (χ1) is 11.0. The van der Waals surface area contributed by atoms with E-state index in [1.54, 1.807) is 0 Å². The number of amidine groups is 1. The molecule has 5 heteroatoms. The second-order valence-electron chi connectivity index (χ2n) is 5.93. The molecule has 0 saturated heterocycles. The Labute approximate surface area is 141 Å². The predicted molar refractivity (Wildman–Crippen MR) is 97.2 cm³/mol. The van der Waals surface area contributed by atoms with Crippen molar-refractivity contribution in [3.05, 3.63) is 65.2 Å². The Bertz CT molecular complexity index is 763. The van der Waals surface area contributed by atoms with E-state index in [0.29, 0.717) is 11.1 Å². The van der Waals surface area contributed by atoms with E-state index in [0.717, 1.165) is 22.6 Å². The van der Waals surface area contributed by atoms with Crippen LogP contribution in [-0.4, -0.2) is 15.1 Å². The van der Waals surface area contributed by atoms with Gasteiger partial charge in [-0.3, -0.25) is 9.97 Å². The summed E-state index contributed by atoms with van der Waals surface area (Å²) < 4.78 is 0. The van der Waals surface area contributed by atoms with Crippen molar-refractivity contribution in [2.24, 2.45) is 10.7 Å². The fourth-order valence-electron chi connectivity index (χ4n) is 2.39. The third-order valence-corrected chi connectivity index (χ3v) is 4.64. The highest BCUT2D eigenvalue weighted by molar-refractivity contribution is 8.14. The molecule has 0 aliphatic carbocycles. The fraction of sp³-hybridized carbons (Fsp3) is 0.278. The monoisotopic (exact) mass is 324 g/mol. The minimum absolute atomic E-state index is 0.0386. The molecule has 1 unspecified atom stereocenters. The minimum Gasteiger partial charge on any atom is -0.378 e. The lowest BCUT2D eigenvalue weighted by molar-refractivity contribution is 0.803. The second kappa shape index (κ2) is 6.54. The summed E-state index contributed by atoms with van der Waals surface area (Å²) in [6, 6.07) is 8.27. The van der Waals surface area contributed by atoms with Crippen LogP contribution in [0.4, 0.5) is 0 Å². The highest BCUT2D eigenvalue weighted by Crippen LogP contribution is 2.36. The Hall–Kier alpha value is -2.14. The molecule has 2 N–H and O–H groups in total. The molecule has 0 fully saturated rings. The Morgan fingerprint density at radius 2 is 2.00 bits per heavy atom. The van der Waals surface area contributed by atoms with E-state index < -0.39 is 0 Å². The summed E-state index contributed by atoms with van der Waals surface area (Å²) in [4.78, 5) is 13.6. The van der Waals surface area contributed by atoms with Gasteiger partial charge >= 0.3 is 0 Å². The van der Waals surface area contributed by atoms with Gasteiger partial charge in [-0.05, 0) is 25.0 Å². The molecule has 1 atom stereocenters. The van der Waals surface area contributed by atoms with Crippen LogP contribution in [0.1, 0.15) is 47.5 Å². The fourth-order valence-corrected chi connectivity index (χ4v) is 3.24. The third-order valence-electron chi connectivity index (χ3n) is 3.68. The van der Waals surface area contributed by atoms with E-state index in [9.17, 15) is 0 Å². The molecule has 3 rings (SSSR count). The molecular weight excluding hydrogens is 304 g/mol. The van der Waals surface area contributed by atoms with Crippen molar-refractivity contribution in [1.82, 2.24) is 9.97 Å². The summed E-state index contributed by atoms with van der Waals surface area (Å²) in [5.74, 6) is 0.376. The molecule has 1 aliphatic rings. The molecule has 0 bridgehead atoms. The highest BCUT2D eigenvalue weighted by atomic mass is 32.2. The largest absolute Gasteiger partial charge is 0.378 e. The van der Waals surface area contributed by atoms with Crippen molar-refractivity contribution >= 4 is 22.6 Å². The number of hydrogen-bond donors (Lipinski definition) is 1. The average Bonchev–Trinajstić information content (AvgIpc) is 2.54. The maximum absolute atomic E-state index is 6.03. The maximum atomic E-state index is 6.03. The molecular formula is C18H20N4S. The molecule has 4 nitrogen and oxygen atoms in total. The lowest BCUT2D eigenvalue weighted by Crippen LogP contribution is -2.14. The van der Waals surface area contributed by atoms with Crippen LogP contribution in [0.5, 0.6) is 0 Å². The van der Waals surface area contributed by atoms with Gasteiger partial charge in [0.25, 0.3) is 0 Å². The Morgan fingerprint density at radius 3 is 2.65 bits per heavy atom. The first-order valence-corrected chi connectivity index (χ1v) is 8.52. The molecule has 0 spiro atoms. The molecule has 1 aromatic carbocycles. The zero-order valence-corrected chi connectivity index (χ0v) is 14.3. The number of benzene rings is 1. The number of aryl methyl sites for hydroxylation is 1. The van der Waals surface area contributed by atoms with Gasteiger partial charge in [-0.25, -0.2) is 4.99 Å². The van der Waals surface area contributed by atoms with E-state index in [4.69, 9.17) is 5.73 Å². The second-order valence-corrected chi connectivity index (χ2v) is 7.09. The Morgan fingerprint density at radius 1 is 1.17 bits per heavy atom. The summed E-state index contributed by atoms with van der Waals surface area (Å²) in [6.07, 6.45) is 5.80. The summed E-state index contributed by atoms with van der Waals surface area (Å²) in [5.41, 5.74) is 11.1. The van der Waals surface area contributed by atoms with Crippen molar-refractivity contribution in [3.63, 3.8) is 0 Å². The third kappa shape index (κ3) is 3.62. The van der Waals surface area contributed by atoms with Crippen LogP contribution in [0.2, 0.25) is 0 Å². The number of aromatic nitrogens is 2. The molecule has 2 aromatic rings. The predicted octanol–water partition coefficient (Wildman–Crippen LogP) is 4.05. The van der Waals surface area contributed by atoms with Gasteiger partial charge < -0.3 is 5.73 Å². The smallest absolute Gasteiger partial charge is 0.160 e. The van der Waals surface area contributed by atoms with Crippen molar-refractivity contribution in [2.45, 2.75) is 31.9 Å². The molecule has 0 saturated carbocycles. The van der Waals surface area contributed by atoms with E-state index >= 15 is 0 Å². The van der Waals surface area contributed by atoms with Gasteiger partial charge in [0.15, 0.2) is 5.17 Å². The van der Waals surface area contributed by atoms with E-state index in [-0.39, 0.29) is 5.25 Å². The molecule has 0 radical (unpaired) electrons. The van der Waals surface area contributed by atoms with Gasteiger partial charge in [-0.15, -0.1) is 0 Å². The first-order valence-electron chi connectivity index (χ1n) is 7.64. The van der Waals surface area contributed by atoms with Crippen molar-refractivity contribution in [3.8, 4) is 0 Å². The number of nitrogens with zero attached hydrogens (tertiary/aromatic N) is 3. The summed E-state index contributed by atoms with van der Waals surface area (Å²) in [5, 5.41) is 0.598. The van der Waals surface area contributed by atoms with Crippen LogP contribution in [-0.2, 0) is 0 Å². The van der Waals surface area contributed by atoms with E-state index in [1.165, 1.54) is 17.3 Å². The summed E-state index contributed by atoms with van der Waals surface area (Å²) in [7, 11) is 0. The average molecular weight is 324 g/mol. The lowest BCUT2D eigenvalue weighted by Gasteiger charge is -2.18. The van der Waals surface area contributed by atoms with Gasteiger partial charge in [-0.2, -0.15) is 0 Å². The standard InChI is InChI=1S/C18H20N4S/c1-11(2)15-9-21-16(10-20-15)17-8-14(22-18(19)23-17)13-6-4-5-12(3)7-13/h4-11,17H,1-3H3,(H2,19,22). The topological polar surface area (TPSA) is 64.2 Å². The van der Waals surface area contributed by atoms with Crippen LogP contribution >= 0.6 is 11.8 Å². The molecule has 0 amide bonds. The molecule has 1 aromatic heterocycles. The SMILES string of the molecule is Cc1cccc(C2=CC(c3cnc(C(C)C)cn3)SC(N)=N2)c1. The number of aliphatic imine (C=N–C) groups is 1. The van der Waals surface area contributed by atoms with Crippen LogP contribution < -0.4 is 5.73 Å². The van der Waals surface area contributed by atoms with Crippen molar-refractivity contribution in [1.29, 1.82) is 0 Å². The zero-order chi connectivity index (χ0) is 16.4. The zero-order valence-electron chi connectivity index (χ0n) is 13.5. The van der Waals surface area contributed by atoms with Gasteiger partial charge in [0.2, 0.25) is 0 Å². The van der Waals surface area contributed by atoms with Gasteiger partial charge in [0, 0.05) is 11.8 Å². The van der Waals surface area contributed by atoms with Crippen LogP contribution in [0.3, 0.4) is 0 Å². The number of nitrogens with two attached hydrogens (primary N) is 1. The van der Waals surface area contributed by atoms with Gasteiger partial charge in [0.05, 0.1) is 28.5 Å². The van der Waals surface area contributed by atoms with Crippen LogP contribution in [0.25, 0.3) is 5.70 Å². The van der Waals surface area contributed by atoms with Gasteiger partial charge in [0.1, 0.15) is 0 Å². The number of rotatable bonds is 3. The van der Waals surface area contributed by atoms with E-state index in [2.05, 4.69) is 60.0 Å².